The van der Waals surface area contributed by atoms with Crippen molar-refractivity contribution in [1.82, 2.24) is 0 Å². The van der Waals surface area contributed by atoms with Crippen LogP contribution in [0.25, 0.3) is 0 Å². The maximum atomic E-state index is 11.6. The molecule has 0 radical (unpaired) electrons. The van der Waals surface area contributed by atoms with E-state index in [0.717, 1.165) is 26.1 Å². The van der Waals surface area contributed by atoms with E-state index in [1.807, 2.05) is 0 Å². The SMILES string of the molecule is COCCCS(=O)CC(N)C1CCOC1. The summed E-state index contributed by atoms with van der Waals surface area (Å²) in [6, 6.07) is 0.0240. The molecule has 0 aliphatic carbocycles. The van der Waals surface area contributed by atoms with Crippen molar-refractivity contribution in [3.05, 3.63) is 0 Å². The Balaban J connectivity index is 2.13. The summed E-state index contributed by atoms with van der Waals surface area (Å²) in [5, 5.41) is 0. The summed E-state index contributed by atoms with van der Waals surface area (Å²) in [7, 11) is 0.849. The molecule has 5 heteroatoms. The first-order chi connectivity index (χ1) is 7.24. The molecule has 1 fully saturated rings. The number of hydrogen-bond acceptors (Lipinski definition) is 4. The number of methoxy groups -OCH3 is 1. The Morgan fingerprint density at radius 1 is 1.67 bits per heavy atom. The molecule has 0 spiro atoms. The third-order valence-corrected chi connectivity index (χ3v) is 4.17. The summed E-state index contributed by atoms with van der Waals surface area (Å²) in [4.78, 5) is 0. The minimum absolute atomic E-state index is 0.0240. The summed E-state index contributed by atoms with van der Waals surface area (Å²) in [5.41, 5.74) is 5.98. The predicted molar refractivity (Wildman–Crippen MR) is 61.3 cm³/mol. The topological polar surface area (TPSA) is 61.5 Å². The molecular weight excluding hydrogens is 214 g/mol. The molecule has 3 unspecified atom stereocenters. The van der Waals surface area contributed by atoms with Crippen LogP contribution in [0.5, 0.6) is 0 Å². The second-order valence-electron chi connectivity index (χ2n) is 3.94. The van der Waals surface area contributed by atoms with E-state index in [9.17, 15) is 4.21 Å². The van der Waals surface area contributed by atoms with Gasteiger partial charge in [0.15, 0.2) is 0 Å². The summed E-state index contributed by atoms with van der Waals surface area (Å²) in [5.74, 6) is 1.68. The lowest BCUT2D eigenvalue weighted by Crippen LogP contribution is -2.36. The molecule has 0 aromatic carbocycles. The van der Waals surface area contributed by atoms with Crippen molar-refractivity contribution in [3.8, 4) is 0 Å². The third kappa shape index (κ3) is 5.06. The third-order valence-electron chi connectivity index (χ3n) is 2.67. The van der Waals surface area contributed by atoms with Crippen molar-refractivity contribution in [2.75, 3.05) is 38.4 Å². The van der Waals surface area contributed by atoms with Crippen LogP contribution >= 0.6 is 0 Å². The molecule has 1 saturated heterocycles. The van der Waals surface area contributed by atoms with Crippen molar-refractivity contribution in [3.63, 3.8) is 0 Å². The van der Waals surface area contributed by atoms with Crippen LogP contribution in [0.2, 0.25) is 0 Å². The average molecular weight is 235 g/mol. The molecule has 1 aliphatic rings. The lowest BCUT2D eigenvalue weighted by atomic mass is 10.0. The van der Waals surface area contributed by atoms with Crippen molar-refractivity contribution >= 4 is 10.8 Å². The zero-order valence-corrected chi connectivity index (χ0v) is 10.1. The fourth-order valence-corrected chi connectivity index (χ4v) is 3.00. The Labute approximate surface area is 94.0 Å². The van der Waals surface area contributed by atoms with Crippen LogP contribution in [0.4, 0.5) is 0 Å². The molecule has 0 aromatic heterocycles. The highest BCUT2D eigenvalue weighted by atomic mass is 32.2. The highest BCUT2D eigenvalue weighted by molar-refractivity contribution is 7.85. The minimum atomic E-state index is -0.808. The molecule has 1 heterocycles. The van der Waals surface area contributed by atoms with E-state index in [1.165, 1.54) is 0 Å². The fraction of sp³-hybridized carbons (Fsp3) is 1.00. The Bertz CT molecular complexity index is 195. The number of hydrogen-bond donors (Lipinski definition) is 1. The van der Waals surface area contributed by atoms with Crippen molar-refractivity contribution in [2.45, 2.75) is 18.9 Å². The van der Waals surface area contributed by atoms with Crippen molar-refractivity contribution < 1.29 is 13.7 Å². The highest BCUT2D eigenvalue weighted by Gasteiger charge is 2.23. The summed E-state index contributed by atoms with van der Waals surface area (Å²) < 4.78 is 21.8. The second-order valence-corrected chi connectivity index (χ2v) is 5.57. The largest absolute Gasteiger partial charge is 0.385 e. The van der Waals surface area contributed by atoms with Crippen LogP contribution in [0, 0.1) is 5.92 Å². The van der Waals surface area contributed by atoms with Gasteiger partial charge in [0.25, 0.3) is 0 Å². The van der Waals surface area contributed by atoms with Crippen LogP contribution in [-0.2, 0) is 20.3 Å². The summed E-state index contributed by atoms with van der Waals surface area (Å²) >= 11 is 0. The standard InChI is InChI=1S/C10H21NO3S/c1-13-4-2-6-15(12)8-10(11)9-3-5-14-7-9/h9-10H,2-8,11H2,1H3. The summed E-state index contributed by atoms with van der Waals surface area (Å²) in [6.45, 7) is 2.21. The molecule has 3 atom stereocenters. The molecule has 0 bridgehead atoms. The first-order valence-corrected chi connectivity index (χ1v) is 6.90. The fourth-order valence-electron chi connectivity index (χ4n) is 1.69. The lowest BCUT2D eigenvalue weighted by molar-refractivity contribution is 0.182. The van der Waals surface area contributed by atoms with Crippen LogP contribution in [-0.4, -0.2) is 48.7 Å². The van der Waals surface area contributed by atoms with E-state index < -0.39 is 10.8 Å². The smallest absolute Gasteiger partial charge is 0.0510 e. The molecule has 15 heavy (non-hydrogen) atoms. The van der Waals surface area contributed by atoms with Gasteiger partial charge in [-0.25, -0.2) is 0 Å². The molecule has 0 aromatic rings. The van der Waals surface area contributed by atoms with Gasteiger partial charge in [0.1, 0.15) is 0 Å². The van der Waals surface area contributed by atoms with Gasteiger partial charge in [0.05, 0.1) is 6.61 Å². The summed E-state index contributed by atoms with van der Waals surface area (Å²) in [6.07, 6.45) is 1.85. The van der Waals surface area contributed by atoms with Crippen LogP contribution < -0.4 is 5.73 Å². The van der Waals surface area contributed by atoms with Crippen LogP contribution in [0.1, 0.15) is 12.8 Å². The van der Waals surface area contributed by atoms with E-state index in [1.54, 1.807) is 7.11 Å². The highest BCUT2D eigenvalue weighted by Crippen LogP contribution is 2.16. The van der Waals surface area contributed by atoms with Crippen molar-refractivity contribution in [2.24, 2.45) is 11.7 Å². The first kappa shape index (κ1) is 13.1. The number of nitrogens with two attached hydrogens (primary N) is 1. The van der Waals surface area contributed by atoms with Crippen LogP contribution in [0.3, 0.4) is 0 Å². The number of rotatable bonds is 7. The molecule has 1 aliphatic heterocycles. The van der Waals surface area contributed by atoms with Crippen molar-refractivity contribution in [1.29, 1.82) is 0 Å². The normalized spacial score (nSPS) is 25.3. The van der Waals surface area contributed by atoms with E-state index >= 15 is 0 Å². The quantitative estimate of drug-likeness (QED) is 0.637. The molecule has 0 saturated carbocycles. The van der Waals surface area contributed by atoms with Gasteiger partial charge < -0.3 is 15.2 Å². The maximum absolute atomic E-state index is 11.6. The van der Waals surface area contributed by atoms with Gasteiger partial charge in [0.2, 0.25) is 0 Å². The predicted octanol–water partition coefficient (Wildman–Crippen LogP) is 0.135. The van der Waals surface area contributed by atoms with Gasteiger partial charge in [-0.1, -0.05) is 0 Å². The molecule has 4 nitrogen and oxygen atoms in total. The Kier molecular flexibility index (Phi) is 6.40. The maximum Gasteiger partial charge on any atom is 0.0510 e. The molecule has 1 rings (SSSR count). The van der Waals surface area contributed by atoms with E-state index in [2.05, 4.69) is 0 Å². The Hall–Kier alpha value is 0.0300. The molecule has 2 N–H and O–H groups in total. The van der Waals surface area contributed by atoms with Gasteiger partial charge >= 0.3 is 0 Å². The van der Waals surface area contributed by atoms with E-state index in [4.69, 9.17) is 15.2 Å². The monoisotopic (exact) mass is 235 g/mol. The van der Waals surface area contributed by atoms with Gasteiger partial charge in [-0.2, -0.15) is 0 Å². The zero-order chi connectivity index (χ0) is 11.1. The van der Waals surface area contributed by atoms with Crippen LogP contribution in [0.15, 0.2) is 0 Å². The van der Waals surface area contributed by atoms with Gasteiger partial charge in [0, 0.05) is 54.6 Å². The zero-order valence-electron chi connectivity index (χ0n) is 9.31. The van der Waals surface area contributed by atoms with Gasteiger partial charge in [-0.3, -0.25) is 4.21 Å². The first-order valence-electron chi connectivity index (χ1n) is 5.41. The van der Waals surface area contributed by atoms with Gasteiger partial charge in [-0.15, -0.1) is 0 Å². The Morgan fingerprint density at radius 3 is 3.07 bits per heavy atom. The molecule has 0 amide bonds. The average Bonchev–Trinajstić information content (AvgIpc) is 2.70. The van der Waals surface area contributed by atoms with E-state index in [-0.39, 0.29) is 6.04 Å². The minimum Gasteiger partial charge on any atom is -0.385 e. The van der Waals surface area contributed by atoms with E-state index in [0.29, 0.717) is 24.0 Å². The Morgan fingerprint density at radius 2 is 2.47 bits per heavy atom. The second kappa shape index (κ2) is 7.33. The lowest BCUT2D eigenvalue weighted by Gasteiger charge is -2.16. The molecular formula is C10H21NO3S. The number of ether oxygens (including phenoxy) is 2. The van der Waals surface area contributed by atoms with Gasteiger partial charge in [-0.05, 0) is 12.8 Å². The molecule has 90 valence electrons.